The van der Waals surface area contributed by atoms with Crippen LogP contribution in [0, 0.1) is 0 Å². The van der Waals surface area contributed by atoms with Gasteiger partial charge in [-0.2, -0.15) is 0 Å². The monoisotopic (exact) mass is 379 g/mol. The zero-order chi connectivity index (χ0) is 19.3. The van der Waals surface area contributed by atoms with Crippen molar-refractivity contribution in [1.29, 1.82) is 0 Å². The van der Waals surface area contributed by atoms with Crippen molar-refractivity contribution < 1.29 is 9.21 Å². The third kappa shape index (κ3) is 3.95. The summed E-state index contributed by atoms with van der Waals surface area (Å²) in [7, 11) is 0. The van der Waals surface area contributed by atoms with Crippen LogP contribution in [-0.4, -0.2) is 42.1 Å². The molecule has 4 rings (SSSR count). The van der Waals surface area contributed by atoms with E-state index < -0.39 is 11.5 Å². The van der Waals surface area contributed by atoms with Gasteiger partial charge in [0.1, 0.15) is 29.1 Å². The number of benzene rings is 1. The molecule has 144 valence electrons. The molecule has 0 saturated carbocycles. The Morgan fingerprint density at radius 3 is 2.79 bits per heavy atom. The van der Waals surface area contributed by atoms with E-state index in [1.165, 1.54) is 19.2 Å². The Morgan fingerprint density at radius 2 is 1.93 bits per heavy atom. The van der Waals surface area contributed by atoms with Crippen LogP contribution in [0.2, 0.25) is 0 Å². The third-order valence-electron chi connectivity index (χ3n) is 4.69. The van der Waals surface area contributed by atoms with Crippen LogP contribution in [0.4, 0.5) is 11.6 Å². The molecule has 0 aliphatic carbocycles. The first-order chi connectivity index (χ1) is 13.7. The molecule has 8 heteroatoms. The Kier molecular flexibility index (Phi) is 5.18. The molecule has 2 aromatic heterocycles. The van der Waals surface area contributed by atoms with Gasteiger partial charge >= 0.3 is 5.63 Å². The highest BCUT2D eigenvalue weighted by molar-refractivity contribution is 5.96. The van der Waals surface area contributed by atoms with Crippen molar-refractivity contribution in [3.05, 3.63) is 58.7 Å². The molecule has 2 N–H and O–H groups in total. The highest BCUT2D eigenvalue weighted by Gasteiger charge is 2.15. The molecule has 1 amide bonds. The van der Waals surface area contributed by atoms with Crippen LogP contribution in [0.3, 0.4) is 0 Å². The molecule has 1 aliphatic heterocycles. The molecule has 28 heavy (non-hydrogen) atoms. The topological polar surface area (TPSA) is 100 Å². The number of aromatic nitrogens is 2. The number of para-hydroxylation sites is 1. The smallest absolute Gasteiger partial charge is 0.349 e. The molecule has 1 saturated heterocycles. The fraction of sp³-hybridized carbons (Fsp3) is 0.300. The minimum Gasteiger partial charge on any atom is -0.422 e. The molecule has 1 fully saturated rings. The number of amides is 1. The highest BCUT2D eigenvalue weighted by atomic mass is 16.4. The molecule has 0 unspecified atom stereocenters. The van der Waals surface area contributed by atoms with Gasteiger partial charge in [-0.05, 0) is 25.0 Å². The van der Waals surface area contributed by atoms with Gasteiger partial charge in [-0.15, -0.1) is 0 Å². The maximum absolute atomic E-state index is 12.3. The molecular formula is C20H21N5O3. The van der Waals surface area contributed by atoms with Gasteiger partial charge in [-0.25, -0.2) is 14.8 Å². The van der Waals surface area contributed by atoms with Gasteiger partial charge in [0.05, 0.1) is 0 Å². The van der Waals surface area contributed by atoms with Gasteiger partial charge in [0.25, 0.3) is 5.91 Å². The average Bonchev–Trinajstić information content (AvgIpc) is 3.26. The molecule has 1 aliphatic rings. The number of rotatable bonds is 6. The van der Waals surface area contributed by atoms with E-state index in [1.807, 2.05) is 12.1 Å². The Balaban J connectivity index is 1.33. The normalized spacial score (nSPS) is 13.6. The number of nitrogens with one attached hydrogen (secondary N) is 2. The second-order valence-corrected chi connectivity index (χ2v) is 6.62. The van der Waals surface area contributed by atoms with Crippen molar-refractivity contribution >= 4 is 28.5 Å². The molecule has 1 aromatic carbocycles. The summed E-state index contributed by atoms with van der Waals surface area (Å²) >= 11 is 0. The lowest BCUT2D eigenvalue weighted by atomic mass is 10.2. The summed E-state index contributed by atoms with van der Waals surface area (Å²) in [5.74, 6) is 1.16. The molecule has 3 aromatic rings. The molecule has 0 atom stereocenters. The summed E-state index contributed by atoms with van der Waals surface area (Å²) in [6.07, 6.45) is 3.90. The number of carbonyl (C=O) groups excluding carboxylic acids is 1. The minimum absolute atomic E-state index is 0.00273. The number of nitrogens with zero attached hydrogens (tertiary/aromatic N) is 3. The first kappa shape index (κ1) is 18.0. The van der Waals surface area contributed by atoms with Gasteiger partial charge in [0.15, 0.2) is 0 Å². The standard InChI is InChI=1S/C20H21N5O3/c26-19(15-11-14-5-1-2-6-16(14)28-20(15)27)22-8-7-21-17-12-18(24-13-23-17)25-9-3-4-10-25/h1-2,5-6,11-13H,3-4,7-10H2,(H,22,26)(H,21,23,24). The van der Waals surface area contributed by atoms with E-state index in [2.05, 4.69) is 25.5 Å². The summed E-state index contributed by atoms with van der Waals surface area (Å²) in [6.45, 7) is 2.84. The van der Waals surface area contributed by atoms with Crippen molar-refractivity contribution in [2.75, 3.05) is 36.4 Å². The Labute approximate surface area is 161 Å². The summed E-state index contributed by atoms with van der Waals surface area (Å²) < 4.78 is 5.20. The lowest BCUT2D eigenvalue weighted by Crippen LogP contribution is -2.32. The first-order valence-corrected chi connectivity index (χ1v) is 9.33. The summed E-state index contributed by atoms with van der Waals surface area (Å²) in [4.78, 5) is 35.1. The SMILES string of the molecule is O=C(NCCNc1cc(N2CCCC2)ncn1)c1cc2ccccc2oc1=O. The highest BCUT2D eigenvalue weighted by Crippen LogP contribution is 2.19. The van der Waals surface area contributed by atoms with Gasteiger partial charge in [0, 0.05) is 37.6 Å². The van der Waals surface area contributed by atoms with Crippen molar-refractivity contribution in [1.82, 2.24) is 15.3 Å². The van der Waals surface area contributed by atoms with Crippen LogP contribution in [0.5, 0.6) is 0 Å². The fourth-order valence-corrected chi connectivity index (χ4v) is 3.24. The van der Waals surface area contributed by atoms with Crippen LogP contribution in [0.1, 0.15) is 23.2 Å². The van der Waals surface area contributed by atoms with E-state index >= 15 is 0 Å². The van der Waals surface area contributed by atoms with Crippen LogP contribution in [0.15, 0.2) is 51.9 Å². The molecule has 0 spiro atoms. The van der Waals surface area contributed by atoms with E-state index in [4.69, 9.17) is 4.42 Å². The van der Waals surface area contributed by atoms with Gasteiger partial charge in [-0.1, -0.05) is 18.2 Å². The second-order valence-electron chi connectivity index (χ2n) is 6.62. The van der Waals surface area contributed by atoms with Crippen molar-refractivity contribution in [2.45, 2.75) is 12.8 Å². The number of fused-ring (bicyclic) bond motifs is 1. The number of carbonyl (C=O) groups is 1. The summed E-state index contributed by atoms with van der Waals surface area (Å²) in [5.41, 5.74) is -0.185. The van der Waals surface area contributed by atoms with E-state index in [-0.39, 0.29) is 5.56 Å². The second kappa shape index (κ2) is 8.08. The minimum atomic E-state index is -0.643. The quantitative estimate of drug-likeness (QED) is 0.499. The third-order valence-corrected chi connectivity index (χ3v) is 4.69. The van der Waals surface area contributed by atoms with Crippen LogP contribution >= 0.6 is 0 Å². The van der Waals surface area contributed by atoms with Crippen molar-refractivity contribution in [3.8, 4) is 0 Å². The number of hydrogen-bond acceptors (Lipinski definition) is 7. The van der Waals surface area contributed by atoms with Crippen LogP contribution in [-0.2, 0) is 0 Å². The molecular weight excluding hydrogens is 358 g/mol. The summed E-state index contributed by atoms with van der Waals surface area (Å²) in [5, 5.41) is 6.60. The zero-order valence-corrected chi connectivity index (χ0v) is 15.4. The molecule has 3 heterocycles. The average molecular weight is 379 g/mol. The molecule has 8 nitrogen and oxygen atoms in total. The van der Waals surface area contributed by atoms with E-state index in [9.17, 15) is 9.59 Å². The maximum Gasteiger partial charge on any atom is 0.349 e. The Bertz CT molecular complexity index is 1040. The van der Waals surface area contributed by atoms with Crippen LogP contribution < -0.4 is 21.2 Å². The Morgan fingerprint density at radius 1 is 1.11 bits per heavy atom. The molecule has 0 bridgehead atoms. The van der Waals surface area contributed by atoms with Crippen LogP contribution in [0.25, 0.3) is 11.0 Å². The largest absolute Gasteiger partial charge is 0.422 e. The maximum atomic E-state index is 12.3. The Hall–Kier alpha value is -3.42. The fourth-order valence-electron chi connectivity index (χ4n) is 3.24. The number of hydrogen-bond donors (Lipinski definition) is 2. The van der Waals surface area contributed by atoms with E-state index in [1.54, 1.807) is 24.3 Å². The number of anilines is 2. The lowest BCUT2D eigenvalue weighted by Gasteiger charge is -2.16. The van der Waals surface area contributed by atoms with E-state index in [0.29, 0.717) is 29.9 Å². The summed E-state index contributed by atoms with van der Waals surface area (Å²) in [6, 6.07) is 10.6. The van der Waals surface area contributed by atoms with Gasteiger partial charge < -0.3 is 20.0 Å². The van der Waals surface area contributed by atoms with E-state index in [0.717, 1.165) is 18.9 Å². The van der Waals surface area contributed by atoms with Crippen molar-refractivity contribution in [3.63, 3.8) is 0 Å². The molecule has 0 radical (unpaired) electrons. The van der Waals surface area contributed by atoms with Crippen molar-refractivity contribution in [2.24, 2.45) is 0 Å². The van der Waals surface area contributed by atoms with Gasteiger partial charge in [-0.3, -0.25) is 4.79 Å². The zero-order valence-electron chi connectivity index (χ0n) is 15.4. The lowest BCUT2D eigenvalue weighted by molar-refractivity contribution is 0.0951. The predicted molar refractivity (Wildman–Crippen MR) is 107 cm³/mol. The predicted octanol–water partition coefficient (Wildman–Crippen LogP) is 2.03. The first-order valence-electron chi connectivity index (χ1n) is 9.33. The van der Waals surface area contributed by atoms with Gasteiger partial charge in [0.2, 0.25) is 0 Å².